The predicted octanol–water partition coefficient (Wildman–Crippen LogP) is 3.79. The second-order valence-corrected chi connectivity index (χ2v) is 7.83. The highest BCUT2D eigenvalue weighted by Crippen LogP contribution is 2.18. The van der Waals surface area contributed by atoms with Crippen LogP contribution in [0.15, 0.2) is 35.9 Å². The van der Waals surface area contributed by atoms with Gasteiger partial charge < -0.3 is 19.7 Å². The largest absolute Gasteiger partial charge is 0.513 e. The van der Waals surface area contributed by atoms with E-state index in [-0.39, 0.29) is 18.4 Å². The predicted molar refractivity (Wildman–Crippen MR) is 114 cm³/mol. The van der Waals surface area contributed by atoms with Crippen molar-refractivity contribution in [3.8, 4) is 5.75 Å². The molecule has 2 amide bonds. The van der Waals surface area contributed by atoms with Gasteiger partial charge in [0.15, 0.2) is 0 Å². The number of piperidine rings is 1. The van der Waals surface area contributed by atoms with Crippen molar-refractivity contribution >= 4 is 18.0 Å². The van der Waals surface area contributed by atoms with Crippen LogP contribution in [0.3, 0.4) is 0 Å². The molecule has 0 spiro atoms. The average Bonchev–Trinajstić information content (AvgIpc) is 2.73. The minimum Gasteiger partial charge on any atom is -0.434 e. The summed E-state index contributed by atoms with van der Waals surface area (Å²) in [4.78, 5) is 37.9. The number of benzene rings is 1. The summed E-state index contributed by atoms with van der Waals surface area (Å²) < 4.78 is 9.69. The monoisotopic (exact) mass is 416 g/mol. The Morgan fingerprint density at radius 3 is 2.37 bits per heavy atom. The van der Waals surface area contributed by atoms with Crippen LogP contribution in [-0.2, 0) is 9.53 Å². The van der Waals surface area contributed by atoms with Gasteiger partial charge in [0.25, 0.3) is 5.91 Å². The van der Waals surface area contributed by atoms with Crippen LogP contribution in [0.5, 0.6) is 5.75 Å². The molecule has 0 atom stereocenters. The number of hydrogen-bond acceptors (Lipinski definition) is 5. The number of ether oxygens (including phenoxy) is 2. The van der Waals surface area contributed by atoms with Crippen molar-refractivity contribution in [1.29, 1.82) is 0 Å². The molecule has 1 fully saturated rings. The number of likely N-dealkylation sites (tertiary alicyclic amines) is 1. The average molecular weight is 417 g/mol. The molecule has 0 unspecified atom stereocenters. The lowest BCUT2D eigenvalue weighted by Crippen LogP contribution is -2.41. The number of hydrogen-bond donors (Lipinski definition) is 1. The second kappa shape index (κ2) is 11.4. The molecule has 0 bridgehead atoms. The SMILES string of the molecule is CCOC(=O)Oc1ccc(C(=O)NCC2CCN(C(=O)/C=C(\C)C(C)C)CC2)cc1. The zero-order chi connectivity index (χ0) is 22.1. The zero-order valence-electron chi connectivity index (χ0n) is 18.3. The number of amides is 2. The molecular formula is C23H32N2O5. The molecule has 7 heteroatoms. The fourth-order valence-electron chi connectivity index (χ4n) is 3.07. The Morgan fingerprint density at radius 1 is 1.17 bits per heavy atom. The third-order valence-electron chi connectivity index (χ3n) is 5.32. The van der Waals surface area contributed by atoms with Crippen molar-refractivity contribution in [2.24, 2.45) is 11.8 Å². The molecule has 7 nitrogen and oxygen atoms in total. The fourth-order valence-corrected chi connectivity index (χ4v) is 3.07. The van der Waals surface area contributed by atoms with E-state index in [1.54, 1.807) is 37.3 Å². The fraction of sp³-hybridized carbons (Fsp3) is 0.522. The van der Waals surface area contributed by atoms with E-state index in [0.717, 1.165) is 18.4 Å². The van der Waals surface area contributed by atoms with Gasteiger partial charge >= 0.3 is 6.16 Å². The molecule has 1 aliphatic heterocycles. The quantitative estimate of drug-likeness (QED) is 0.415. The van der Waals surface area contributed by atoms with Crippen LogP contribution in [0.25, 0.3) is 0 Å². The molecule has 1 aliphatic rings. The van der Waals surface area contributed by atoms with Gasteiger partial charge in [0.2, 0.25) is 5.91 Å². The Bertz CT molecular complexity index is 762. The molecule has 2 rings (SSSR count). The van der Waals surface area contributed by atoms with Crippen molar-refractivity contribution in [2.45, 2.75) is 40.5 Å². The molecule has 0 aliphatic carbocycles. The van der Waals surface area contributed by atoms with E-state index in [0.29, 0.717) is 42.8 Å². The third-order valence-corrected chi connectivity index (χ3v) is 5.32. The highest BCUT2D eigenvalue weighted by molar-refractivity contribution is 5.94. The summed E-state index contributed by atoms with van der Waals surface area (Å²) in [5.74, 6) is 0.941. The molecule has 1 aromatic rings. The summed E-state index contributed by atoms with van der Waals surface area (Å²) in [5, 5.41) is 2.95. The maximum absolute atomic E-state index is 12.4. The van der Waals surface area contributed by atoms with Crippen LogP contribution >= 0.6 is 0 Å². The lowest BCUT2D eigenvalue weighted by Gasteiger charge is -2.31. The Labute approximate surface area is 178 Å². The Balaban J connectivity index is 1.76. The molecule has 30 heavy (non-hydrogen) atoms. The van der Waals surface area contributed by atoms with E-state index in [2.05, 4.69) is 19.2 Å². The summed E-state index contributed by atoms with van der Waals surface area (Å²) in [5.41, 5.74) is 1.58. The Kier molecular flexibility index (Phi) is 8.89. The molecule has 0 aromatic heterocycles. The minimum atomic E-state index is -0.769. The Hall–Kier alpha value is -2.83. The number of carbonyl (C=O) groups excluding carboxylic acids is 3. The smallest absolute Gasteiger partial charge is 0.434 e. The summed E-state index contributed by atoms with van der Waals surface area (Å²) in [6.07, 6.45) is 2.71. The van der Waals surface area contributed by atoms with Crippen molar-refractivity contribution < 1.29 is 23.9 Å². The van der Waals surface area contributed by atoms with Gasteiger partial charge in [0, 0.05) is 31.3 Å². The molecular weight excluding hydrogens is 384 g/mol. The van der Waals surface area contributed by atoms with Crippen LogP contribution in [0.4, 0.5) is 4.79 Å². The molecule has 0 saturated carbocycles. The van der Waals surface area contributed by atoms with Crippen LogP contribution in [0, 0.1) is 11.8 Å². The van der Waals surface area contributed by atoms with Gasteiger partial charge in [-0.2, -0.15) is 0 Å². The van der Waals surface area contributed by atoms with E-state index in [1.165, 1.54) is 0 Å². The molecule has 1 heterocycles. The Morgan fingerprint density at radius 2 is 1.80 bits per heavy atom. The van der Waals surface area contributed by atoms with Gasteiger partial charge in [0.1, 0.15) is 5.75 Å². The van der Waals surface area contributed by atoms with E-state index in [1.807, 2.05) is 11.8 Å². The maximum Gasteiger partial charge on any atom is 0.513 e. The lowest BCUT2D eigenvalue weighted by atomic mass is 9.96. The van der Waals surface area contributed by atoms with Gasteiger partial charge in [-0.05, 0) is 62.8 Å². The van der Waals surface area contributed by atoms with Crippen LogP contribution in [0.2, 0.25) is 0 Å². The number of carbonyl (C=O) groups is 3. The van der Waals surface area contributed by atoms with Gasteiger partial charge in [0.05, 0.1) is 6.61 Å². The number of nitrogens with one attached hydrogen (secondary N) is 1. The maximum atomic E-state index is 12.4. The van der Waals surface area contributed by atoms with Crippen LogP contribution in [-0.4, -0.2) is 49.1 Å². The third kappa shape index (κ3) is 7.21. The molecule has 1 saturated heterocycles. The summed E-state index contributed by atoms with van der Waals surface area (Å²) in [7, 11) is 0. The first-order valence-corrected chi connectivity index (χ1v) is 10.5. The number of nitrogens with zero attached hydrogens (tertiary/aromatic N) is 1. The van der Waals surface area contributed by atoms with E-state index >= 15 is 0 Å². The van der Waals surface area contributed by atoms with E-state index in [4.69, 9.17) is 9.47 Å². The van der Waals surface area contributed by atoms with Crippen molar-refractivity contribution in [1.82, 2.24) is 10.2 Å². The summed E-state index contributed by atoms with van der Waals surface area (Å²) in [6, 6.07) is 6.33. The second-order valence-electron chi connectivity index (χ2n) is 7.83. The molecule has 1 N–H and O–H groups in total. The zero-order valence-corrected chi connectivity index (χ0v) is 18.3. The van der Waals surface area contributed by atoms with Crippen molar-refractivity contribution in [2.75, 3.05) is 26.2 Å². The van der Waals surface area contributed by atoms with Crippen molar-refractivity contribution in [3.63, 3.8) is 0 Å². The van der Waals surface area contributed by atoms with E-state index in [9.17, 15) is 14.4 Å². The van der Waals surface area contributed by atoms with Gasteiger partial charge in [-0.15, -0.1) is 0 Å². The molecule has 164 valence electrons. The highest BCUT2D eigenvalue weighted by Gasteiger charge is 2.22. The first kappa shape index (κ1) is 23.4. The summed E-state index contributed by atoms with van der Waals surface area (Å²) in [6.45, 7) is 10.1. The number of rotatable bonds is 7. The van der Waals surface area contributed by atoms with Gasteiger partial charge in [-0.1, -0.05) is 19.4 Å². The topological polar surface area (TPSA) is 84.9 Å². The van der Waals surface area contributed by atoms with Crippen molar-refractivity contribution in [3.05, 3.63) is 41.5 Å². The first-order valence-electron chi connectivity index (χ1n) is 10.5. The standard InChI is InChI=1S/C23H32N2O5/c1-5-29-23(28)30-20-8-6-19(7-9-20)22(27)24-15-18-10-12-25(13-11-18)21(26)14-17(4)16(2)3/h6-9,14,16,18H,5,10-13,15H2,1-4H3,(H,24,27)/b17-14+. The normalized spacial score (nSPS) is 15.1. The van der Waals surface area contributed by atoms with Crippen LogP contribution < -0.4 is 10.1 Å². The molecule has 1 aromatic carbocycles. The van der Waals surface area contributed by atoms with Gasteiger partial charge in [-0.25, -0.2) is 4.79 Å². The highest BCUT2D eigenvalue weighted by atomic mass is 16.7. The molecule has 0 radical (unpaired) electrons. The summed E-state index contributed by atoms with van der Waals surface area (Å²) >= 11 is 0. The minimum absolute atomic E-state index is 0.0776. The first-order chi connectivity index (χ1) is 14.3. The van der Waals surface area contributed by atoms with Crippen LogP contribution in [0.1, 0.15) is 50.9 Å². The van der Waals surface area contributed by atoms with E-state index < -0.39 is 6.16 Å². The van der Waals surface area contributed by atoms with Gasteiger partial charge in [-0.3, -0.25) is 9.59 Å². The lowest BCUT2D eigenvalue weighted by molar-refractivity contribution is -0.127. The number of allylic oxidation sites excluding steroid dienone is 1.